The quantitative estimate of drug-likeness (QED) is 0.690. The first-order valence-corrected chi connectivity index (χ1v) is 4.86. The summed E-state index contributed by atoms with van der Waals surface area (Å²) in [4.78, 5) is 23.9. The number of nitrogens with one attached hydrogen (secondary N) is 1. The Kier molecular flexibility index (Phi) is 4.58. The van der Waals surface area contributed by atoms with Gasteiger partial charge in [0.15, 0.2) is 0 Å². The number of likely N-dealkylation sites (N-methyl/N-ethyl adjacent to an activating group) is 1. The third-order valence-electron chi connectivity index (χ3n) is 1.81. The summed E-state index contributed by atoms with van der Waals surface area (Å²) in [5.74, 6) is -0.391. The predicted molar refractivity (Wildman–Crippen MR) is 57.2 cm³/mol. The van der Waals surface area contributed by atoms with Crippen molar-refractivity contribution in [3.63, 3.8) is 0 Å². The van der Waals surface area contributed by atoms with Crippen LogP contribution in [0.3, 0.4) is 0 Å². The Balaban J connectivity index is 2.36. The summed E-state index contributed by atoms with van der Waals surface area (Å²) in [5.41, 5.74) is 0. The summed E-state index contributed by atoms with van der Waals surface area (Å²) in [6, 6.07) is 0.0407. The Morgan fingerprint density at radius 1 is 1.41 bits per heavy atom. The Morgan fingerprint density at radius 2 is 2.12 bits per heavy atom. The Morgan fingerprint density at radius 3 is 2.65 bits per heavy atom. The molecule has 1 aromatic rings. The van der Waals surface area contributed by atoms with Crippen LogP contribution in [0.2, 0.25) is 0 Å². The number of anilines is 1. The van der Waals surface area contributed by atoms with Gasteiger partial charge in [-0.25, -0.2) is 0 Å². The maximum absolute atomic E-state index is 11.5. The topological polar surface area (TPSA) is 97.6 Å². The summed E-state index contributed by atoms with van der Waals surface area (Å²) in [6.45, 7) is 1.68. The highest BCUT2D eigenvalue weighted by Gasteiger charge is 2.12. The number of esters is 1. The molecule has 8 heteroatoms. The van der Waals surface area contributed by atoms with E-state index in [1.54, 1.807) is 14.0 Å². The van der Waals surface area contributed by atoms with Crippen LogP contribution in [0.1, 0.15) is 5.89 Å². The van der Waals surface area contributed by atoms with Crippen molar-refractivity contribution in [1.29, 1.82) is 0 Å². The van der Waals surface area contributed by atoms with Gasteiger partial charge in [0, 0.05) is 6.92 Å². The average molecular weight is 242 g/mol. The highest BCUT2D eigenvalue weighted by Crippen LogP contribution is 2.03. The van der Waals surface area contributed by atoms with E-state index in [0.29, 0.717) is 5.89 Å². The number of aryl methyl sites for hydroxylation is 1. The van der Waals surface area contributed by atoms with Crippen molar-refractivity contribution in [2.75, 3.05) is 32.6 Å². The zero-order valence-corrected chi connectivity index (χ0v) is 9.89. The molecule has 8 nitrogen and oxygen atoms in total. The minimum atomic E-state index is -0.408. The molecule has 0 aromatic carbocycles. The van der Waals surface area contributed by atoms with E-state index in [9.17, 15) is 9.59 Å². The van der Waals surface area contributed by atoms with Gasteiger partial charge in [-0.2, -0.15) is 0 Å². The first-order chi connectivity index (χ1) is 8.01. The lowest BCUT2D eigenvalue weighted by atomic mass is 10.5. The van der Waals surface area contributed by atoms with Gasteiger partial charge in [-0.05, 0) is 7.05 Å². The van der Waals surface area contributed by atoms with Gasteiger partial charge in [-0.1, -0.05) is 5.10 Å². The van der Waals surface area contributed by atoms with Crippen LogP contribution in [-0.4, -0.2) is 54.2 Å². The first-order valence-electron chi connectivity index (χ1n) is 4.86. The second kappa shape index (κ2) is 5.94. The largest absolute Gasteiger partial charge is 0.468 e. The highest BCUT2D eigenvalue weighted by atomic mass is 16.5. The number of amides is 1. The Hall–Kier alpha value is -1.96. The number of carbonyl (C=O) groups is 2. The molecule has 0 aliphatic rings. The molecule has 94 valence electrons. The van der Waals surface area contributed by atoms with E-state index in [0.717, 1.165) is 0 Å². The molecular weight excluding hydrogens is 228 g/mol. The fourth-order valence-electron chi connectivity index (χ4n) is 1.09. The van der Waals surface area contributed by atoms with E-state index in [4.69, 9.17) is 4.42 Å². The van der Waals surface area contributed by atoms with Crippen LogP contribution in [0.4, 0.5) is 6.01 Å². The van der Waals surface area contributed by atoms with Gasteiger partial charge in [-0.15, -0.1) is 5.10 Å². The molecule has 0 radical (unpaired) electrons. The van der Waals surface area contributed by atoms with E-state index >= 15 is 0 Å². The molecule has 0 saturated carbocycles. The third-order valence-corrected chi connectivity index (χ3v) is 1.81. The standard InChI is InChI=1S/C9H14N4O4/c1-6-11-12-9(17-6)10-7(14)4-13(2)5-8(15)16-3/h4-5H2,1-3H3,(H,10,12,14). The summed E-state index contributed by atoms with van der Waals surface area (Å²) in [5, 5.41) is 9.58. The van der Waals surface area contributed by atoms with Crippen LogP contribution in [-0.2, 0) is 14.3 Å². The lowest BCUT2D eigenvalue weighted by Crippen LogP contribution is -2.34. The van der Waals surface area contributed by atoms with E-state index in [1.165, 1.54) is 12.0 Å². The lowest BCUT2D eigenvalue weighted by Gasteiger charge is -2.13. The minimum absolute atomic E-state index is 0.0243. The van der Waals surface area contributed by atoms with Crippen molar-refractivity contribution >= 4 is 17.9 Å². The number of hydrogen-bond donors (Lipinski definition) is 1. The molecule has 0 atom stereocenters. The van der Waals surface area contributed by atoms with Crippen molar-refractivity contribution in [2.45, 2.75) is 6.92 Å². The van der Waals surface area contributed by atoms with Crippen LogP contribution < -0.4 is 5.32 Å². The number of hydrogen-bond acceptors (Lipinski definition) is 7. The van der Waals surface area contributed by atoms with Crippen molar-refractivity contribution < 1.29 is 18.7 Å². The third kappa shape index (κ3) is 4.60. The molecule has 0 unspecified atom stereocenters. The van der Waals surface area contributed by atoms with Crippen molar-refractivity contribution in [1.82, 2.24) is 15.1 Å². The molecule has 1 amide bonds. The van der Waals surface area contributed by atoms with Gasteiger partial charge in [-0.3, -0.25) is 19.8 Å². The maximum Gasteiger partial charge on any atom is 0.322 e. The molecule has 0 aliphatic carbocycles. The van der Waals surface area contributed by atoms with Gasteiger partial charge < -0.3 is 9.15 Å². The van der Waals surface area contributed by atoms with Crippen molar-refractivity contribution in [3.05, 3.63) is 5.89 Å². The molecule has 1 heterocycles. The van der Waals surface area contributed by atoms with E-state index in [2.05, 4.69) is 20.3 Å². The summed E-state index contributed by atoms with van der Waals surface area (Å²) in [7, 11) is 2.91. The fourth-order valence-corrected chi connectivity index (χ4v) is 1.09. The van der Waals surface area contributed by atoms with Gasteiger partial charge in [0.2, 0.25) is 11.8 Å². The van der Waals surface area contributed by atoms with Crippen molar-refractivity contribution in [3.8, 4) is 0 Å². The average Bonchev–Trinajstić information content (AvgIpc) is 2.63. The number of rotatable bonds is 5. The molecule has 0 saturated heterocycles. The molecule has 1 aromatic heterocycles. The number of aromatic nitrogens is 2. The fraction of sp³-hybridized carbons (Fsp3) is 0.556. The van der Waals surface area contributed by atoms with Gasteiger partial charge in [0.05, 0.1) is 20.2 Å². The van der Waals surface area contributed by atoms with Gasteiger partial charge in [0.1, 0.15) is 0 Å². The van der Waals surface area contributed by atoms with E-state index in [1.807, 2.05) is 0 Å². The number of methoxy groups -OCH3 is 1. The van der Waals surface area contributed by atoms with Crippen LogP contribution >= 0.6 is 0 Å². The number of carbonyl (C=O) groups excluding carboxylic acids is 2. The molecule has 0 spiro atoms. The highest BCUT2D eigenvalue weighted by molar-refractivity contribution is 5.90. The molecule has 1 N–H and O–H groups in total. The zero-order chi connectivity index (χ0) is 12.8. The van der Waals surface area contributed by atoms with Gasteiger partial charge in [0.25, 0.3) is 0 Å². The monoisotopic (exact) mass is 242 g/mol. The van der Waals surface area contributed by atoms with Crippen LogP contribution in [0, 0.1) is 6.92 Å². The molecule has 0 fully saturated rings. The summed E-state index contributed by atoms with van der Waals surface area (Å²) in [6.07, 6.45) is 0. The number of ether oxygens (including phenoxy) is 1. The summed E-state index contributed by atoms with van der Waals surface area (Å²) >= 11 is 0. The molecule has 0 aliphatic heterocycles. The van der Waals surface area contributed by atoms with Crippen LogP contribution in [0.25, 0.3) is 0 Å². The summed E-state index contributed by atoms with van der Waals surface area (Å²) < 4.78 is 9.44. The van der Waals surface area contributed by atoms with Gasteiger partial charge >= 0.3 is 12.0 Å². The lowest BCUT2D eigenvalue weighted by molar-refractivity contribution is -0.141. The predicted octanol–water partition coefficient (Wildman–Crippen LogP) is -0.579. The second-order valence-electron chi connectivity index (χ2n) is 3.42. The first kappa shape index (κ1) is 13.1. The second-order valence-corrected chi connectivity index (χ2v) is 3.42. The molecule has 0 bridgehead atoms. The van der Waals surface area contributed by atoms with Crippen LogP contribution in [0.15, 0.2) is 4.42 Å². The number of nitrogens with zero attached hydrogens (tertiary/aromatic N) is 3. The Bertz CT molecular complexity index is 403. The molecule has 1 rings (SSSR count). The Labute approximate surface area is 97.9 Å². The van der Waals surface area contributed by atoms with Crippen LogP contribution in [0.5, 0.6) is 0 Å². The van der Waals surface area contributed by atoms with E-state index < -0.39 is 5.97 Å². The smallest absolute Gasteiger partial charge is 0.322 e. The SMILES string of the molecule is COC(=O)CN(C)CC(=O)Nc1nnc(C)o1. The molecular formula is C9H14N4O4. The maximum atomic E-state index is 11.5. The zero-order valence-electron chi connectivity index (χ0n) is 9.89. The minimum Gasteiger partial charge on any atom is -0.468 e. The van der Waals surface area contributed by atoms with Crippen molar-refractivity contribution in [2.24, 2.45) is 0 Å². The van der Waals surface area contributed by atoms with E-state index in [-0.39, 0.29) is 25.0 Å². The molecule has 17 heavy (non-hydrogen) atoms. The normalized spacial score (nSPS) is 10.4.